The van der Waals surface area contributed by atoms with E-state index >= 15 is 0 Å². The Morgan fingerprint density at radius 2 is 1.85 bits per heavy atom. The van der Waals surface area contributed by atoms with Crippen molar-refractivity contribution in [2.45, 2.75) is 51.5 Å². The van der Waals surface area contributed by atoms with Gasteiger partial charge in [-0.1, -0.05) is 6.07 Å². The van der Waals surface area contributed by atoms with Gasteiger partial charge in [-0.3, -0.25) is 9.59 Å². The number of nitrogens with two attached hydrogens (primary N) is 1. The maximum Gasteiger partial charge on any atom is 0.230 e. The number of carbonyl (C=O) groups excluding carboxylic acids is 2. The summed E-state index contributed by atoms with van der Waals surface area (Å²) in [6.07, 6.45) is 3.29. The number of amides is 2. The van der Waals surface area contributed by atoms with Gasteiger partial charge in [0.25, 0.3) is 0 Å². The molecule has 3 aliphatic rings. The van der Waals surface area contributed by atoms with Gasteiger partial charge in [0.15, 0.2) is 0 Å². The number of anilines is 2. The molecule has 4 rings (SSSR count). The zero-order chi connectivity index (χ0) is 23.8. The predicted octanol–water partition coefficient (Wildman–Crippen LogP) is 1.64. The minimum atomic E-state index is -2.85. The summed E-state index contributed by atoms with van der Waals surface area (Å²) in [7, 11) is -2.85. The largest absolute Gasteiger partial charge is 0.330 e. The minimum absolute atomic E-state index is 0.0263. The van der Waals surface area contributed by atoms with E-state index in [0.717, 1.165) is 36.3 Å². The van der Waals surface area contributed by atoms with Crippen LogP contribution in [-0.4, -0.2) is 64.0 Å². The summed E-state index contributed by atoms with van der Waals surface area (Å²) >= 11 is 0. The molecule has 1 aromatic carbocycles. The van der Waals surface area contributed by atoms with E-state index in [1.807, 2.05) is 30.0 Å². The third-order valence-corrected chi connectivity index (χ3v) is 8.94. The standard InChI is InChI=1S/C24H36N4O4S/c1-16-15-27(24(30)19-3-4-19)23-11-20(5-6-22(23)28(16)17(2)29)21(12-25)14-26-13-18-7-9-33(31,32)10-8-18/h5-6,11,16,18-19,21,26H,3-4,7-10,12-15,25H2,1-2H3/t16-,21?/m0/s1. The Kier molecular flexibility index (Phi) is 7.12. The van der Waals surface area contributed by atoms with E-state index in [4.69, 9.17) is 5.73 Å². The molecule has 8 nitrogen and oxygen atoms in total. The number of sulfone groups is 1. The molecule has 1 unspecified atom stereocenters. The average molecular weight is 477 g/mol. The molecule has 0 aromatic heterocycles. The molecule has 3 N–H and O–H groups in total. The molecule has 2 heterocycles. The Bertz CT molecular complexity index is 994. The highest BCUT2D eigenvalue weighted by Crippen LogP contribution is 2.41. The average Bonchev–Trinajstić information content (AvgIpc) is 3.61. The number of carbonyl (C=O) groups is 2. The van der Waals surface area contributed by atoms with Crippen molar-refractivity contribution in [3.8, 4) is 0 Å². The van der Waals surface area contributed by atoms with E-state index in [9.17, 15) is 18.0 Å². The van der Waals surface area contributed by atoms with E-state index in [0.29, 0.717) is 38.4 Å². The minimum Gasteiger partial charge on any atom is -0.330 e. The summed E-state index contributed by atoms with van der Waals surface area (Å²) in [5, 5.41) is 3.49. The first-order valence-electron chi connectivity index (χ1n) is 12.1. The number of hydrogen-bond donors (Lipinski definition) is 2. The van der Waals surface area contributed by atoms with Crippen LogP contribution in [0, 0.1) is 11.8 Å². The second-order valence-corrected chi connectivity index (χ2v) is 12.2. The first-order valence-corrected chi connectivity index (χ1v) is 13.9. The fourth-order valence-corrected chi connectivity index (χ4v) is 6.67. The fraction of sp³-hybridized carbons (Fsp3) is 0.667. The maximum atomic E-state index is 13.0. The summed E-state index contributed by atoms with van der Waals surface area (Å²) in [5.74, 6) is 1.21. The molecule has 1 aliphatic carbocycles. The second kappa shape index (κ2) is 9.72. The Morgan fingerprint density at radius 3 is 2.45 bits per heavy atom. The molecule has 1 saturated heterocycles. The van der Waals surface area contributed by atoms with Crippen LogP contribution in [0.15, 0.2) is 18.2 Å². The van der Waals surface area contributed by atoms with E-state index < -0.39 is 9.84 Å². The summed E-state index contributed by atoms with van der Waals surface area (Å²) in [6, 6.07) is 5.92. The van der Waals surface area contributed by atoms with Gasteiger partial charge in [-0.15, -0.1) is 0 Å². The van der Waals surface area contributed by atoms with Crippen LogP contribution in [-0.2, 0) is 19.4 Å². The van der Waals surface area contributed by atoms with Crippen molar-refractivity contribution in [3.63, 3.8) is 0 Å². The third-order valence-electron chi connectivity index (χ3n) is 7.22. The molecule has 182 valence electrons. The van der Waals surface area contributed by atoms with E-state index in [1.54, 1.807) is 11.8 Å². The molecule has 33 heavy (non-hydrogen) atoms. The van der Waals surface area contributed by atoms with Crippen LogP contribution < -0.4 is 20.9 Å². The first kappa shape index (κ1) is 24.2. The smallest absolute Gasteiger partial charge is 0.230 e. The lowest BCUT2D eigenvalue weighted by molar-refractivity contribution is -0.120. The predicted molar refractivity (Wildman–Crippen MR) is 130 cm³/mol. The highest BCUT2D eigenvalue weighted by atomic mass is 32.2. The van der Waals surface area contributed by atoms with Crippen LogP contribution in [0.3, 0.4) is 0 Å². The van der Waals surface area contributed by atoms with E-state index in [-0.39, 0.29) is 41.2 Å². The van der Waals surface area contributed by atoms with Gasteiger partial charge in [0, 0.05) is 38.4 Å². The molecule has 9 heteroatoms. The van der Waals surface area contributed by atoms with Gasteiger partial charge >= 0.3 is 0 Å². The Labute approximate surface area is 196 Å². The third kappa shape index (κ3) is 5.41. The van der Waals surface area contributed by atoms with E-state index in [1.165, 1.54) is 0 Å². The number of fused-ring (bicyclic) bond motifs is 1. The molecule has 2 atom stereocenters. The lowest BCUT2D eigenvalue weighted by Crippen LogP contribution is -2.51. The van der Waals surface area contributed by atoms with Crippen molar-refractivity contribution in [3.05, 3.63) is 23.8 Å². The Hall–Kier alpha value is -1.97. The number of hydrogen-bond acceptors (Lipinski definition) is 6. The zero-order valence-electron chi connectivity index (χ0n) is 19.6. The molecule has 2 amide bonds. The molecule has 0 bridgehead atoms. The van der Waals surface area contributed by atoms with Gasteiger partial charge in [-0.2, -0.15) is 0 Å². The van der Waals surface area contributed by atoms with Crippen LogP contribution in [0.2, 0.25) is 0 Å². The van der Waals surface area contributed by atoms with Gasteiger partial charge in [0.2, 0.25) is 11.8 Å². The number of rotatable bonds is 7. The number of benzene rings is 1. The van der Waals surface area contributed by atoms with Crippen LogP contribution >= 0.6 is 0 Å². The van der Waals surface area contributed by atoms with Gasteiger partial charge in [-0.05, 0) is 62.8 Å². The molecular weight excluding hydrogens is 440 g/mol. The summed E-state index contributed by atoms with van der Waals surface area (Å²) in [4.78, 5) is 29.0. The SMILES string of the molecule is CC(=O)N1c2ccc(C(CN)CNCC3CCS(=O)(=O)CC3)cc2N(C(=O)C2CC2)C[C@@H]1C. The van der Waals surface area contributed by atoms with Crippen molar-refractivity contribution in [1.82, 2.24) is 5.32 Å². The molecule has 2 fully saturated rings. The number of nitrogens with one attached hydrogen (secondary N) is 1. The summed E-state index contributed by atoms with van der Waals surface area (Å²) in [5.41, 5.74) is 8.75. The van der Waals surface area contributed by atoms with E-state index in [2.05, 4.69) is 5.32 Å². The van der Waals surface area contributed by atoms with Gasteiger partial charge in [0.1, 0.15) is 9.84 Å². The van der Waals surface area contributed by atoms with Gasteiger partial charge < -0.3 is 20.9 Å². The van der Waals surface area contributed by atoms with Crippen molar-refractivity contribution < 1.29 is 18.0 Å². The lowest BCUT2D eigenvalue weighted by atomic mass is 9.95. The molecular formula is C24H36N4O4S. The summed E-state index contributed by atoms with van der Waals surface area (Å²) < 4.78 is 23.3. The lowest BCUT2D eigenvalue weighted by Gasteiger charge is -2.41. The van der Waals surface area contributed by atoms with Gasteiger partial charge in [-0.25, -0.2) is 8.42 Å². The normalized spacial score (nSPS) is 23.8. The summed E-state index contributed by atoms with van der Waals surface area (Å²) in [6.45, 7) is 5.96. The monoisotopic (exact) mass is 476 g/mol. The second-order valence-electron chi connectivity index (χ2n) is 9.90. The van der Waals surface area contributed by atoms with Gasteiger partial charge in [0.05, 0.1) is 28.9 Å². The van der Waals surface area contributed by atoms with Crippen LogP contribution in [0.4, 0.5) is 11.4 Å². The molecule has 0 radical (unpaired) electrons. The first-order chi connectivity index (χ1) is 15.7. The maximum absolute atomic E-state index is 13.0. The van der Waals surface area contributed by atoms with Crippen LogP contribution in [0.5, 0.6) is 0 Å². The molecule has 1 aromatic rings. The van der Waals surface area contributed by atoms with Crippen molar-refractivity contribution >= 4 is 33.0 Å². The molecule has 2 aliphatic heterocycles. The fourth-order valence-electron chi connectivity index (χ4n) is 5.08. The van der Waals surface area contributed by atoms with Crippen molar-refractivity contribution in [2.75, 3.05) is 47.5 Å². The van der Waals surface area contributed by atoms with Crippen LogP contribution in [0.1, 0.15) is 51.0 Å². The van der Waals surface area contributed by atoms with Crippen molar-refractivity contribution in [2.24, 2.45) is 17.6 Å². The quantitative estimate of drug-likeness (QED) is 0.619. The molecule has 0 spiro atoms. The topological polar surface area (TPSA) is 113 Å². The zero-order valence-corrected chi connectivity index (χ0v) is 20.4. The highest BCUT2D eigenvalue weighted by Gasteiger charge is 2.40. The highest BCUT2D eigenvalue weighted by molar-refractivity contribution is 7.91. The van der Waals surface area contributed by atoms with Crippen molar-refractivity contribution in [1.29, 1.82) is 0 Å². The Morgan fingerprint density at radius 1 is 1.15 bits per heavy atom. The Balaban J connectivity index is 1.49. The van der Waals surface area contributed by atoms with Crippen LogP contribution in [0.25, 0.3) is 0 Å². The molecule has 1 saturated carbocycles. The number of nitrogens with zero attached hydrogens (tertiary/aromatic N) is 2.